The molecular weight excluding hydrogens is 364 g/mol. The van der Waals surface area contributed by atoms with Crippen LogP contribution < -0.4 is 5.32 Å². The Kier molecular flexibility index (Phi) is 7.29. The van der Waals surface area contributed by atoms with Gasteiger partial charge in [0.2, 0.25) is 11.8 Å². The summed E-state index contributed by atoms with van der Waals surface area (Å²) in [5.41, 5.74) is -0.125. The fourth-order valence-electron chi connectivity index (χ4n) is 3.46. The molecule has 0 unspecified atom stereocenters. The van der Waals surface area contributed by atoms with Gasteiger partial charge in [0.05, 0.1) is 5.60 Å². The lowest BCUT2D eigenvalue weighted by atomic mass is 9.84. The number of aliphatic hydroxyl groups is 1. The molecule has 1 aromatic rings. The van der Waals surface area contributed by atoms with Crippen LogP contribution in [0, 0.1) is 11.8 Å². The monoisotopic (exact) mass is 394 g/mol. The van der Waals surface area contributed by atoms with Gasteiger partial charge in [-0.1, -0.05) is 51.4 Å². The summed E-state index contributed by atoms with van der Waals surface area (Å²) in [6.45, 7) is 8.75. The second-order valence-electron chi connectivity index (χ2n) is 8.25. The van der Waals surface area contributed by atoms with Crippen molar-refractivity contribution >= 4 is 23.4 Å². The van der Waals surface area contributed by atoms with Gasteiger partial charge >= 0.3 is 0 Å². The molecule has 2 rings (SSSR count). The Morgan fingerprint density at radius 3 is 2.19 bits per heavy atom. The van der Waals surface area contributed by atoms with E-state index in [2.05, 4.69) is 5.32 Å². The molecule has 0 spiro atoms. The number of rotatable bonds is 6. The van der Waals surface area contributed by atoms with Crippen molar-refractivity contribution < 1.29 is 14.7 Å². The SMILES string of the molecule is CC(C)CC(=O)N[C@@H](C(=O)N1CCC(O)(c2ccc(Cl)cc2)CC1)C(C)C. The lowest BCUT2D eigenvalue weighted by Crippen LogP contribution is -2.54. The van der Waals surface area contributed by atoms with Crippen molar-refractivity contribution in [3.05, 3.63) is 34.9 Å². The first-order chi connectivity index (χ1) is 12.6. The quantitative estimate of drug-likeness (QED) is 0.777. The van der Waals surface area contributed by atoms with E-state index < -0.39 is 11.6 Å². The number of nitrogens with one attached hydrogen (secondary N) is 1. The molecule has 1 fully saturated rings. The van der Waals surface area contributed by atoms with Crippen LogP contribution in [-0.2, 0) is 15.2 Å². The van der Waals surface area contributed by atoms with Crippen LogP contribution >= 0.6 is 11.6 Å². The normalized spacial score (nSPS) is 17.9. The minimum Gasteiger partial charge on any atom is -0.385 e. The molecule has 1 aromatic carbocycles. The number of benzene rings is 1. The second-order valence-corrected chi connectivity index (χ2v) is 8.69. The van der Waals surface area contributed by atoms with Crippen molar-refractivity contribution in [3.63, 3.8) is 0 Å². The lowest BCUT2D eigenvalue weighted by molar-refractivity contribution is -0.141. The Labute approximate surface area is 167 Å². The smallest absolute Gasteiger partial charge is 0.245 e. The third kappa shape index (κ3) is 5.69. The summed E-state index contributed by atoms with van der Waals surface area (Å²) in [6.07, 6.45) is 1.34. The van der Waals surface area contributed by atoms with Crippen LogP contribution in [0.3, 0.4) is 0 Å². The Balaban J connectivity index is 2.01. The largest absolute Gasteiger partial charge is 0.385 e. The highest BCUT2D eigenvalue weighted by atomic mass is 35.5. The molecular formula is C21H31ClN2O3. The van der Waals surface area contributed by atoms with Crippen LogP contribution in [0.1, 0.15) is 52.5 Å². The summed E-state index contributed by atoms with van der Waals surface area (Å²) in [7, 11) is 0. The molecule has 0 bridgehead atoms. The average Bonchev–Trinajstić information content (AvgIpc) is 2.59. The third-order valence-corrected chi connectivity index (χ3v) is 5.38. The maximum absolute atomic E-state index is 13.0. The van der Waals surface area contributed by atoms with Crippen molar-refractivity contribution in [2.24, 2.45) is 11.8 Å². The molecule has 0 aromatic heterocycles. The Bertz CT molecular complexity index is 650. The first kappa shape index (κ1) is 21.7. The molecule has 1 heterocycles. The Morgan fingerprint density at radius 1 is 1.15 bits per heavy atom. The van der Waals surface area contributed by atoms with E-state index >= 15 is 0 Å². The Morgan fingerprint density at radius 2 is 1.70 bits per heavy atom. The number of halogens is 1. The summed E-state index contributed by atoms with van der Waals surface area (Å²) in [4.78, 5) is 26.9. The van der Waals surface area contributed by atoms with E-state index in [0.717, 1.165) is 5.56 Å². The molecule has 1 aliphatic heterocycles. The number of piperidine rings is 1. The third-order valence-electron chi connectivity index (χ3n) is 5.13. The minimum atomic E-state index is -0.949. The van der Waals surface area contributed by atoms with E-state index in [0.29, 0.717) is 37.4 Å². The topological polar surface area (TPSA) is 69.6 Å². The highest BCUT2D eigenvalue weighted by Crippen LogP contribution is 2.33. The fourth-order valence-corrected chi connectivity index (χ4v) is 3.59. The number of hydrogen-bond acceptors (Lipinski definition) is 3. The number of likely N-dealkylation sites (tertiary alicyclic amines) is 1. The van der Waals surface area contributed by atoms with Gasteiger partial charge in [0.1, 0.15) is 6.04 Å². The van der Waals surface area contributed by atoms with Gasteiger partial charge in [0.15, 0.2) is 0 Å². The van der Waals surface area contributed by atoms with Crippen LogP contribution in [0.25, 0.3) is 0 Å². The molecule has 27 heavy (non-hydrogen) atoms. The number of carbonyl (C=O) groups excluding carboxylic acids is 2. The molecule has 150 valence electrons. The zero-order valence-electron chi connectivity index (χ0n) is 16.7. The van der Waals surface area contributed by atoms with Crippen LogP contribution in [0.2, 0.25) is 5.02 Å². The van der Waals surface area contributed by atoms with Crippen LogP contribution in [0.4, 0.5) is 0 Å². The molecule has 5 nitrogen and oxygen atoms in total. The molecule has 1 aliphatic rings. The summed E-state index contributed by atoms with van der Waals surface area (Å²) in [5.74, 6) is 0.0926. The van der Waals surface area contributed by atoms with Crippen molar-refractivity contribution in [1.82, 2.24) is 10.2 Å². The second kappa shape index (κ2) is 9.07. The van der Waals surface area contributed by atoms with Crippen LogP contribution in [-0.4, -0.2) is 41.0 Å². The zero-order chi connectivity index (χ0) is 20.2. The van der Waals surface area contributed by atoms with Gasteiger partial charge in [-0.25, -0.2) is 0 Å². The van der Waals surface area contributed by atoms with Crippen molar-refractivity contribution in [2.75, 3.05) is 13.1 Å². The first-order valence-corrected chi connectivity index (χ1v) is 10.1. The number of amides is 2. The fraction of sp³-hybridized carbons (Fsp3) is 0.619. The lowest BCUT2D eigenvalue weighted by Gasteiger charge is -2.40. The average molecular weight is 395 g/mol. The Hall–Kier alpha value is -1.59. The standard InChI is InChI=1S/C21H31ClN2O3/c1-14(2)13-18(25)23-19(15(3)4)20(26)24-11-9-21(27,10-12-24)16-5-7-17(22)8-6-16/h5-8,14-15,19,27H,9-13H2,1-4H3,(H,23,25)/t19-/m1/s1. The van der Waals surface area contributed by atoms with Crippen molar-refractivity contribution in [2.45, 2.75) is 58.6 Å². The van der Waals surface area contributed by atoms with Crippen molar-refractivity contribution in [1.29, 1.82) is 0 Å². The predicted molar refractivity (Wildman–Crippen MR) is 107 cm³/mol. The molecule has 0 aliphatic carbocycles. The van der Waals surface area contributed by atoms with Gasteiger partial charge in [-0.2, -0.15) is 0 Å². The maximum Gasteiger partial charge on any atom is 0.245 e. The van der Waals surface area contributed by atoms with Gasteiger partial charge in [0, 0.05) is 24.5 Å². The van der Waals surface area contributed by atoms with E-state index in [1.165, 1.54) is 0 Å². The van der Waals surface area contributed by atoms with E-state index in [4.69, 9.17) is 11.6 Å². The van der Waals surface area contributed by atoms with Gasteiger partial charge < -0.3 is 15.3 Å². The van der Waals surface area contributed by atoms with E-state index in [-0.39, 0.29) is 23.7 Å². The number of hydrogen-bond donors (Lipinski definition) is 2. The first-order valence-electron chi connectivity index (χ1n) is 9.69. The molecule has 2 N–H and O–H groups in total. The van der Waals surface area contributed by atoms with Gasteiger partial charge in [-0.05, 0) is 42.4 Å². The van der Waals surface area contributed by atoms with Crippen LogP contribution in [0.5, 0.6) is 0 Å². The summed E-state index contributed by atoms with van der Waals surface area (Å²) in [6, 6.07) is 6.68. The number of nitrogens with zero attached hydrogens (tertiary/aromatic N) is 1. The zero-order valence-corrected chi connectivity index (χ0v) is 17.4. The molecule has 1 saturated heterocycles. The highest BCUT2D eigenvalue weighted by Gasteiger charge is 2.37. The highest BCUT2D eigenvalue weighted by molar-refractivity contribution is 6.30. The molecule has 0 radical (unpaired) electrons. The van der Waals surface area contributed by atoms with E-state index in [9.17, 15) is 14.7 Å². The molecule has 2 amide bonds. The molecule has 6 heteroatoms. The minimum absolute atomic E-state index is 0.00527. The maximum atomic E-state index is 13.0. The number of carbonyl (C=O) groups is 2. The molecule has 1 atom stereocenters. The summed E-state index contributed by atoms with van der Waals surface area (Å²) < 4.78 is 0. The van der Waals surface area contributed by atoms with Crippen molar-refractivity contribution in [3.8, 4) is 0 Å². The van der Waals surface area contributed by atoms with E-state index in [1.807, 2.05) is 39.8 Å². The predicted octanol–water partition coefficient (Wildman–Crippen LogP) is 3.34. The van der Waals surface area contributed by atoms with Gasteiger partial charge in [-0.3, -0.25) is 9.59 Å². The van der Waals surface area contributed by atoms with E-state index in [1.54, 1.807) is 17.0 Å². The van der Waals surface area contributed by atoms with Gasteiger partial charge in [-0.15, -0.1) is 0 Å². The summed E-state index contributed by atoms with van der Waals surface area (Å²) in [5, 5.41) is 14.5. The van der Waals surface area contributed by atoms with Crippen LogP contribution in [0.15, 0.2) is 24.3 Å². The van der Waals surface area contributed by atoms with Gasteiger partial charge in [0.25, 0.3) is 0 Å². The molecule has 0 saturated carbocycles. The summed E-state index contributed by atoms with van der Waals surface area (Å²) >= 11 is 5.93.